The van der Waals surface area contributed by atoms with Gasteiger partial charge in [-0.15, -0.1) is 0 Å². The Labute approximate surface area is 76.6 Å². The van der Waals surface area contributed by atoms with E-state index in [0.29, 0.717) is 0 Å². The number of hydrogen-bond donors (Lipinski definition) is 2. The SMILES string of the molecule is CC(=O)NNC(=O)C=O.CCOC. The molecule has 0 atom stereocenters. The number of aldehydes is 1. The smallest absolute Gasteiger partial charge is 0.302 e. The lowest BCUT2D eigenvalue weighted by atomic mass is 10.7. The number of nitrogens with one attached hydrogen (secondary N) is 2. The number of hydrogen-bond acceptors (Lipinski definition) is 4. The van der Waals surface area contributed by atoms with Crippen molar-refractivity contribution in [2.24, 2.45) is 0 Å². The van der Waals surface area contributed by atoms with Crippen molar-refractivity contribution in [1.82, 2.24) is 10.9 Å². The molecule has 0 saturated carbocycles. The number of amides is 2. The molecule has 76 valence electrons. The van der Waals surface area contributed by atoms with Crippen LogP contribution in [0.4, 0.5) is 0 Å². The highest BCUT2D eigenvalue weighted by Gasteiger charge is 1.94. The molecule has 0 aromatic rings. The van der Waals surface area contributed by atoms with Crippen molar-refractivity contribution in [3.63, 3.8) is 0 Å². The summed E-state index contributed by atoms with van der Waals surface area (Å²) in [6.45, 7) is 3.99. The number of carbonyl (C=O) groups is 3. The zero-order chi connectivity index (χ0) is 10.7. The summed E-state index contributed by atoms with van der Waals surface area (Å²) in [4.78, 5) is 29.6. The molecule has 6 nitrogen and oxygen atoms in total. The first-order valence-corrected chi connectivity index (χ1v) is 3.59. The molecular weight excluding hydrogens is 176 g/mol. The van der Waals surface area contributed by atoms with Gasteiger partial charge in [0.15, 0.2) is 0 Å². The van der Waals surface area contributed by atoms with E-state index in [0.717, 1.165) is 6.61 Å². The molecular formula is C7H14N2O4. The molecule has 2 amide bonds. The van der Waals surface area contributed by atoms with Crippen LogP contribution in [0.2, 0.25) is 0 Å². The number of ether oxygens (including phenoxy) is 1. The van der Waals surface area contributed by atoms with Crippen molar-refractivity contribution < 1.29 is 19.1 Å². The minimum atomic E-state index is -0.870. The van der Waals surface area contributed by atoms with Crippen molar-refractivity contribution >= 4 is 18.1 Å². The minimum absolute atomic E-state index is 0.0654. The first kappa shape index (κ1) is 14.1. The molecule has 0 spiro atoms. The van der Waals surface area contributed by atoms with Gasteiger partial charge in [0.05, 0.1) is 0 Å². The lowest BCUT2D eigenvalue weighted by Gasteiger charge is -1.97. The molecule has 0 unspecified atom stereocenters. The Morgan fingerprint density at radius 1 is 1.38 bits per heavy atom. The number of hydrazine groups is 1. The summed E-state index contributed by atoms with van der Waals surface area (Å²) in [7, 11) is 1.68. The van der Waals surface area contributed by atoms with Crippen molar-refractivity contribution in [2.75, 3.05) is 13.7 Å². The maximum atomic E-state index is 10.0. The van der Waals surface area contributed by atoms with E-state index in [9.17, 15) is 14.4 Å². The van der Waals surface area contributed by atoms with E-state index in [-0.39, 0.29) is 6.29 Å². The van der Waals surface area contributed by atoms with Gasteiger partial charge in [-0.2, -0.15) is 0 Å². The highest BCUT2D eigenvalue weighted by molar-refractivity contribution is 6.23. The van der Waals surface area contributed by atoms with Crippen molar-refractivity contribution in [3.05, 3.63) is 0 Å². The number of carbonyl (C=O) groups excluding carboxylic acids is 3. The fraction of sp³-hybridized carbons (Fsp3) is 0.571. The van der Waals surface area contributed by atoms with Crippen LogP contribution in [0.15, 0.2) is 0 Å². The Hall–Kier alpha value is -1.43. The van der Waals surface area contributed by atoms with E-state index < -0.39 is 11.8 Å². The van der Waals surface area contributed by atoms with Crippen LogP contribution >= 0.6 is 0 Å². The lowest BCUT2D eigenvalue weighted by molar-refractivity contribution is -0.133. The molecule has 0 rings (SSSR count). The van der Waals surface area contributed by atoms with Gasteiger partial charge in [0.1, 0.15) is 0 Å². The quantitative estimate of drug-likeness (QED) is 0.332. The zero-order valence-corrected chi connectivity index (χ0v) is 7.92. The molecule has 0 saturated heterocycles. The molecule has 0 heterocycles. The molecule has 0 aliphatic rings. The Bertz CT molecular complexity index is 168. The van der Waals surface area contributed by atoms with E-state index in [1.807, 2.05) is 17.8 Å². The van der Waals surface area contributed by atoms with Gasteiger partial charge in [0, 0.05) is 20.6 Å². The monoisotopic (exact) mass is 190 g/mol. The molecule has 0 bridgehead atoms. The van der Waals surface area contributed by atoms with Crippen LogP contribution in [0.25, 0.3) is 0 Å². The average molecular weight is 190 g/mol. The highest BCUT2D eigenvalue weighted by atomic mass is 16.5. The van der Waals surface area contributed by atoms with Crippen molar-refractivity contribution in [1.29, 1.82) is 0 Å². The third kappa shape index (κ3) is 18.0. The normalized spacial score (nSPS) is 7.62. The maximum Gasteiger partial charge on any atom is 0.302 e. The highest BCUT2D eigenvalue weighted by Crippen LogP contribution is 1.53. The van der Waals surface area contributed by atoms with E-state index in [2.05, 4.69) is 4.74 Å². The van der Waals surface area contributed by atoms with Crippen LogP contribution in [-0.2, 0) is 19.1 Å². The molecule has 0 aromatic carbocycles. The van der Waals surface area contributed by atoms with Gasteiger partial charge in [-0.25, -0.2) is 0 Å². The van der Waals surface area contributed by atoms with Gasteiger partial charge in [-0.05, 0) is 6.92 Å². The molecule has 13 heavy (non-hydrogen) atoms. The third-order valence-corrected chi connectivity index (χ3v) is 0.757. The topological polar surface area (TPSA) is 84.5 Å². The first-order valence-electron chi connectivity index (χ1n) is 3.59. The molecule has 0 aliphatic heterocycles. The van der Waals surface area contributed by atoms with Gasteiger partial charge in [0.25, 0.3) is 0 Å². The molecule has 2 N–H and O–H groups in total. The summed E-state index contributed by atoms with van der Waals surface area (Å²) >= 11 is 0. The maximum absolute atomic E-state index is 10.0. The average Bonchev–Trinajstić information content (AvgIpc) is 2.14. The fourth-order valence-electron chi connectivity index (χ4n) is 0.179. The Balaban J connectivity index is 0. The van der Waals surface area contributed by atoms with Crippen molar-refractivity contribution in [2.45, 2.75) is 13.8 Å². The first-order chi connectivity index (χ1) is 6.08. The van der Waals surface area contributed by atoms with E-state index in [1.54, 1.807) is 7.11 Å². The second-order valence-corrected chi connectivity index (χ2v) is 1.87. The molecule has 0 radical (unpaired) electrons. The summed E-state index contributed by atoms with van der Waals surface area (Å²) < 4.78 is 4.54. The standard InChI is InChI=1S/C4H6N2O3.C3H8O/c1-3(8)5-6-4(9)2-7;1-3-4-2/h2H,1H3,(H,5,8)(H,6,9);3H2,1-2H3. The number of methoxy groups -OCH3 is 1. The van der Waals surface area contributed by atoms with Gasteiger partial charge in [-0.1, -0.05) is 0 Å². The van der Waals surface area contributed by atoms with Gasteiger partial charge in [0.2, 0.25) is 12.2 Å². The van der Waals surface area contributed by atoms with E-state index >= 15 is 0 Å². The molecule has 6 heteroatoms. The molecule has 0 fully saturated rings. The van der Waals surface area contributed by atoms with Crippen LogP contribution in [-0.4, -0.2) is 31.8 Å². The summed E-state index contributed by atoms with van der Waals surface area (Å²) in [5, 5.41) is 0. The van der Waals surface area contributed by atoms with Crippen molar-refractivity contribution in [3.8, 4) is 0 Å². The van der Waals surface area contributed by atoms with Crippen LogP contribution in [0.5, 0.6) is 0 Å². The third-order valence-electron chi connectivity index (χ3n) is 0.757. The Kier molecular flexibility index (Phi) is 11.5. The molecule has 0 aliphatic carbocycles. The molecule has 0 aromatic heterocycles. The lowest BCUT2D eigenvalue weighted by Crippen LogP contribution is -2.40. The van der Waals surface area contributed by atoms with Crippen LogP contribution in [0, 0.1) is 0 Å². The van der Waals surface area contributed by atoms with Crippen LogP contribution < -0.4 is 10.9 Å². The zero-order valence-electron chi connectivity index (χ0n) is 7.92. The summed E-state index contributed by atoms with van der Waals surface area (Å²) in [5.41, 5.74) is 3.75. The Morgan fingerprint density at radius 2 is 1.85 bits per heavy atom. The second-order valence-electron chi connectivity index (χ2n) is 1.87. The van der Waals surface area contributed by atoms with Crippen LogP contribution in [0.3, 0.4) is 0 Å². The van der Waals surface area contributed by atoms with E-state index in [4.69, 9.17) is 0 Å². The second kappa shape index (κ2) is 10.6. The predicted octanol–water partition coefficient (Wildman–Crippen LogP) is -0.995. The van der Waals surface area contributed by atoms with Crippen LogP contribution in [0.1, 0.15) is 13.8 Å². The minimum Gasteiger partial charge on any atom is -0.385 e. The summed E-state index contributed by atoms with van der Waals surface area (Å²) in [6, 6.07) is 0. The van der Waals surface area contributed by atoms with E-state index in [1.165, 1.54) is 6.92 Å². The Morgan fingerprint density at radius 3 is 2.08 bits per heavy atom. The van der Waals surface area contributed by atoms with Gasteiger partial charge in [-0.3, -0.25) is 25.2 Å². The number of rotatable bonds is 2. The fourth-order valence-corrected chi connectivity index (χ4v) is 0.179. The predicted molar refractivity (Wildman–Crippen MR) is 45.6 cm³/mol. The largest absolute Gasteiger partial charge is 0.385 e. The summed E-state index contributed by atoms with van der Waals surface area (Å²) in [5.74, 6) is -1.30. The summed E-state index contributed by atoms with van der Waals surface area (Å²) in [6.07, 6.45) is 0.0654. The van der Waals surface area contributed by atoms with Gasteiger partial charge >= 0.3 is 5.91 Å². The van der Waals surface area contributed by atoms with Gasteiger partial charge < -0.3 is 4.74 Å².